The number of aliphatic hydroxyl groups is 2. The number of para-hydroxylation sites is 1. The molecule has 6 rings (SSSR count). The quantitative estimate of drug-likeness (QED) is 0.287. The van der Waals surface area contributed by atoms with Gasteiger partial charge in [-0.1, -0.05) is 49.4 Å². The summed E-state index contributed by atoms with van der Waals surface area (Å²) in [6.07, 6.45) is -1.56. The number of amides is 3. The van der Waals surface area contributed by atoms with E-state index in [1.807, 2.05) is 61.5 Å². The molecule has 3 aromatic carbocycles. The van der Waals surface area contributed by atoms with Gasteiger partial charge < -0.3 is 30.0 Å². The van der Waals surface area contributed by atoms with E-state index in [0.717, 1.165) is 11.1 Å². The zero-order chi connectivity index (χ0) is 33.0. The van der Waals surface area contributed by atoms with Gasteiger partial charge in [0.05, 0.1) is 30.9 Å². The minimum absolute atomic E-state index is 0.0706. The van der Waals surface area contributed by atoms with E-state index in [1.165, 1.54) is 6.92 Å². The first-order chi connectivity index (χ1) is 21.9. The first-order valence-corrected chi connectivity index (χ1v) is 18.8. The van der Waals surface area contributed by atoms with E-state index in [-0.39, 0.29) is 24.8 Å². The Morgan fingerprint density at radius 2 is 1.74 bits per heavy atom. The predicted octanol–water partition coefficient (Wildman–Crippen LogP) is 3.82. The van der Waals surface area contributed by atoms with Crippen molar-refractivity contribution in [3.63, 3.8) is 0 Å². The first-order valence-electron chi connectivity index (χ1n) is 15.8. The third-order valence-electron chi connectivity index (χ3n) is 9.82. The molecule has 3 heterocycles. The standard InChI is InChI=1S/C35H41N3O7Si/c1-21-32(46(3,4)44)30(18-31(41)37-19-24-11-9-8-10-23(24)16-27(37)20-39)45-35(21)28-17-25(36-33(42)22(2)40)14-15-29(28)38(34(35)43)26-12-6-5-7-13-26/h5-15,17,21-22,27,30,32,39-40,44H,16,18-20H2,1-4H3,(H,36,42)/t21-,22-,27-,30+,32-,35+/m0/s1. The van der Waals surface area contributed by atoms with Crippen LogP contribution < -0.4 is 10.2 Å². The topological polar surface area (TPSA) is 140 Å². The molecule has 0 bridgehead atoms. The molecule has 1 spiro atoms. The zero-order valence-corrected chi connectivity index (χ0v) is 27.5. The summed E-state index contributed by atoms with van der Waals surface area (Å²) in [6.45, 7) is 7.04. The minimum Gasteiger partial charge on any atom is -0.432 e. The Morgan fingerprint density at radius 3 is 2.39 bits per heavy atom. The zero-order valence-electron chi connectivity index (χ0n) is 26.5. The van der Waals surface area contributed by atoms with Gasteiger partial charge in [-0.25, -0.2) is 0 Å². The summed E-state index contributed by atoms with van der Waals surface area (Å²) in [6, 6.07) is 21.8. The normalized spacial score (nSPS) is 26.2. The summed E-state index contributed by atoms with van der Waals surface area (Å²) < 4.78 is 6.87. The average molecular weight is 644 g/mol. The van der Waals surface area contributed by atoms with Gasteiger partial charge in [0.2, 0.25) is 5.91 Å². The molecule has 3 aliphatic rings. The van der Waals surface area contributed by atoms with Crippen molar-refractivity contribution in [2.24, 2.45) is 5.92 Å². The highest BCUT2D eigenvalue weighted by molar-refractivity contribution is 6.71. The van der Waals surface area contributed by atoms with Crippen molar-refractivity contribution < 1.29 is 34.1 Å². The number of fused-ring (bicyclic) bond motifs is 3. The molecule has 46 heavy (non-hydrogen) atoms. The first kappa shape index (κ1) is 32.1. The molecule has 11 heteroatoms. The molecule has 0 saturated carbocycles. The van der Waals surface area contributed by atoms with Crippen LogP contribution in [0.15, 0.2) is 72.8 Å². The van der Waals surface area contributed by atoms with Crippen LogP contribution in [0.3, 0.4) is 0 Å². The molecule has 242 valence electrons. The average Bonchev–Trinajstić information content (AvgIpc) is 3.46. The monoisotopic (exact) mass is 643 g/mol. The number of rotatable bonds is 7. The molecule has 4 N–H and O–H groups in total. The molecule has 6 atom stereocenters. The number of nitrogens with one attached hydrogen (secondary N) is 1. The van der Waals surface area contributed by atoms with Crippen molar-refractivity contribution in [1.82, 2.24) is 4.90 Å². The molecule has 3 amide bonds. The second kappa shape index (κ2) is 12.1. The van der Waals surface area contributed by atoms with Crippen molar-refractivity contribution in [3.05, 3.63) is 89.5 Å². The van der Waals surface area contributed by atoms with Gasteiger partial charge in [-0.05, 0) is 67.9 Å². The highest BCUT2D eigenvalue weighted by Gasteiger charge is 2.67. The number of hydrogen-bond acceptors (Lipinski definition) is 7. The second-order valence-electron chi connectivity index (χ2n) is 13.3. The molecule has 0 aromatic heterocycles. The van der Waals surface area contributed by atoms with Gasteiger partial charge in [-0.15, -0.1) is 0 Å². The van der Waals surface area contributed by atoms with Gasteiger partial charge in [-0.3, -0.25) is 19.3 Å². The fraction of sp³-hybridized carbons (Fsp3) is 0.400. The fourth-order valence-corrected chi connectivity index (χ4v) is 10.2. The minimum atomic E-state index is -3.07. The number of aliphatic hydroxyl groups excluding tert-OH is 2. The lowest BCUT2D eigenvalue weighted by molar-refractivity contribution is -0.150. The molecule has 3 aliphatic heterocycles. The van der Waals surface area contributed by atoms with Crippen LogP contribution in [0.25, 0.3) is 0 Å². The van der Waals surface area contributed by atoms with E-state index in [1.54, 1.807) is 41.1 Å². The summed E-state index contributed by atoms with van der Waals surface area (Å²) >= 11 is 0. The Bertz CT molecular complexity index is 1660. The SMILES string of the molecule is C[C@H](O)C(=O)Nc1ccc2c(c1)[C@@]1(O[C@H](CC(=O)N3Cc4ccccc4C[C@H]3CO)[C@@H]([Si](C)(C)O)[C@@H]1C)C(=O)N2c1ccccc1. The largest absolute Gasteiger partial charge is 0.432 e. The number of carbonyl (C=O) groups excluding carboxylic acids is 3. The lowest BCUT2D eigenvalue weighted by Gasteiger charge is -2.37. The summed E-state index contributed by atoms with van der Waals surface area (Å²) in [4.78, 5) is 56.2. The van der Waals surface area contributed by atoms with Gasteiger partial charge in [0.1, 0.15) is 6.10 Å². The summed E-state index contributed by atoms with van der Waals surface area (Å²) in [7, 11) is -3.07. The lowest BCUT2D eigenvalue weighted by Crippen LogP contribution is -2.48. The molecule has 0 unspecified atom stereocenters. The van der Waals surface area contributed by atoms with E-state index >= 15 is 0 Å². The molecule has 0 aliphatic carbocycles. The number of anilines is 3. The third kappa shape index (κ3) is 5.35. The van der Waals surface area contributed by atoms with Crippen LogP contribution in [0.1, 0.15) is 37.0 Å². The van der Waals surface area contributed by atoms with Gasteiger partial charge >= 0.3 is 0 Å². The summed E-state index contributed by atoms with van der Waals surface area (Å²) in [5.41, 5.74) is 2.20. The number of hydrogen-bond donors (Lipinski definition) is 4. The Morgan fingerprint density at radius 1 is 1.07 bits per heavy atom. The Labute approximate surface area is 269 Å². The van der Waals surface area contributed by atoms with E-state index in [0.29, 0.717) is 35.6 Å². The maximum absolute atomic E-state index is 14.8. The van der Waals surface area contributed by atoms with Crippen molar-refractivity contribution >= 4 is 43.1 Å². The van der Waals surface area contributed by atoms with Crippen molar-refractivity contribution in [1.29, 1.82) is 0 Å². The number of benzene rings is 3. The van der Waals surface area contributed by atoms with Gasteiger partial charge in [0.25, 0.3) is 11.8 Å². The summed E-state index contributed by atoms with van der Waals surface area (Å²) in [5, 5.41) is 22.8. The van der Waals surface area contributed by atoms with E-state index in [4.69, 9.17) is 4.74 Å². The molecule has 1 fully saturated rings. The van der Waals surface area contributed by atoms with Crippen LogP contribution >= 0.6 is 0 Å². The van der Waals surface area contributed by atoms with E-state index < -0.39 is 49.5 Å². The Kier molecular flexibility index (Phi) is 8.41. The maximum Gasteiger partial charge on any atom is 0.268 e. The predicted molar refractivity (Wildman–Crippen MR) is 176 cm³/mol. The van der Waals surface area contributed by atoms with E-state index in [2.05, 4.69) is 5.32 Å². The molecular weight excluding hydrogens is 602 g/mol. The van der Waals surface area contributed by atoms with Crippen molar-refractivity contribution in [2.45, 2.75) is 75.7 Å². The lowest BCUT2D eigenvalue weighted by atomic mass is 9.82. The van der Waals surface area contributed by atoms with Crippen LogP contribution in [-0.2, 0) is 37.7 Å². The maximum atomic E-state index is 14.8. The second-order valence-corrected chi connectivity index (χ2v) is 17.2. The molecule has 3 aromatic rings. The third-order valence-corrected chi connectivity index (χ3v) is 12.3. The van der Waals surface area contributed by atoms with Crippen LogP contribution in [0.4, 0.5) is 17.1 Å². The van der Waals surface area contributed by atoms with E-state index in [9.17, 15) is 29.4 Å². The highest BCUT2D eigenvalue weighted by Crippen LogP contribution is 2.61. The smallest absolute Gasteiger partial charge is 0.268 e. The summed E-state index contributed by atoms with van der Waals surface area (Å²) in [5.74, 6) is -1.67. The number of nitrogens with zero attached hydrogens (tertiary/aromatic N) is 2. The fourth-order valence-electron chi connectivity index (χ4n) is 7.69. The highest BCUT2D eigenvalue weighted by atomic mass is 28.4. The van der Waals surface area contributed by atoms with Gasteiger partial charge in [0, 0.05) is 34.9 Å². The van der Waals surface area contributed by atoms with Gasteiger partial charge in [0.15, 0.2) is 13.9 Å². The molecule has 0 radical (unpaired) electrons. The van der Waals surface area contributed by atoms with Gasteiger partial charge in [-0.2, -0.15) is 0 Å². The molecular formula is C35H41N3O7Si. The molecule has 1 saturated heterocycles. The van der Waals surface area contributed by atoms with Crippen LogP contribution in [-0.4, -0.2) is 70.8 Å². The van der Waals surface area contributed by atoms with Crippen LogP contribution in [0, 0.1) is 5.92 Å². The number of carbonyl (C=O) groups is 3. The van der Waals surface area contributed by atoms with Crippen molar-refractivity contribution in [2.75, 3.05) is 16.8 Å². The molecule has 10 nitrogen and oxygen atoms in total. The Hall–Kier alpha value is -3.87. The Balaban J connectivity index is 1.41. The van der Waals surface area contributed by atoms with Crippen molar-refractivity contribution in [3.8, 4) is 0 Å². The number of ether oxygens (including phenoxy) is 1. The van der Waals surface area contributed by atoms with Crippen LogP contribution in [0.5, 0.6) is 0 Å². The van der Waals surface area contributed by atoms with Crippen LogP contribution in [0.2, 0.25) is 18.6 Å².